The normalized spacial score (nSPS) is 24.4. The molecule has 6 nitrogen and oxygen atoms in total. The Hall–Kier alpha value is -2.18. The fourth-order valence-electron chi connectivity index (χ4n) is 3.79. The summed E-state index contributed by atoms with van der Waals surface area (Å²) in [6.07, 6.45) is 4.34. The van der Waals surface area contributed by atoms with Crippen LogP contribution in [0.4, 0.5) is 0 Å². The first-order valence-corrected chi connectivity index (χ1v) is 8.84. The summed E-state index contributed by atoms with van der Waals surface area (Å²) in [6.45, 7) is 3.63. The van der Waals surface area contributed by atoms with Crippen molar-refractivity contribution in [2.24, 2.45) is 7.05 Å². The first-order chi connectivity index (χ1) is 12.2. The maximum atomic E-state index is 12.7. The second-order valence-corrected chi connectivity index (χ2v) is 6.88. The molecule has 0 radical (unpaired) electrons. The van der Waals surface area contributed by atoms with E-state index in [9.17, 15) is 4.79 Å². The Morgan fingerprint density at radius 1 is 1.20 bits per heavy atom. The highest BCUT2D eigenvalue weighted by Crippen LogP contribution is 2.25. The van der Waals surface area contributed by atoms with Crippen LogP contribution in [0.5, 0.6) is 0 Å². The third kappa shape index (κ3) is 3.45. The molecule has 6 heteroatoms. The number of amides is 1. The third-order valence-corrected chi connectivity index (χ3v) is 5.16. The molecule has 2 aliphatic heterocycles. The molecule has 0 unspecified atom stereocenters. The average Bonchev–Trinajstić information content (AvgIpc) is 3.17. The van der Waals surface area contributed by atoms with Crippen molar-refractivity contribution in [1.82, 2.24) is 19.4 Å². The number of nitrogens with zero attached hydrogens (tertiary/aromatic N) is 4. The minimum Gasteiger partial charge on any atom is -0.374 e. The van der Waals surface area contributed by atoms with Gasteiger partial charge in [0, 0.05) is 39.1 Å². The molecule has 2 aliphatic rings. The molecule has 3 heterocycles. The molecule has 2 saturated heterocycles. The summed E-state index contributed by atoms with van der Waals surface area (Å²) in [7, 11) is 2.01. The number of likely N-dealkylation sites (tertiary alicyclic amines) is 1. The van der Waals surface area contributed by atoms with Crippen molar-refractivity contribution < 1.29 is 9.53 Å². The van der Waals surface area contributed by atoms with E-state index >= 15 is 0 Å². The van der Waals surface area contributed by atoms with Gasteiger partial charge in [-0.05, 0) is 5.56 Å². The summed E-state index contributed by atoms with van der Waals surface area (Å²) in [4.78, 5) is 21.4. The Bertz CT molecular complexity index is 730. The number of aromatic nitrogens is 2. The molecule has 0 aliphatic carbocycles. The Balaban J connectivity index is 1.50. The molecule has 1 aromatic carbocycles. The minimum atomic E-state index is 0.0791. The summed E-state index contributed by atoms with van der Waals surface area (Å²) < 4.78 is 8.06. The number of aryl methyl sites for hydroxylation is 1. The molecular formula is C19H24N4O2. The van der Waals surface area contributed by atoms with Crippen LogP contribution in [0.15, 0.2) is 42.7 Å². The van der Waals surface area contributed by atoms with E-state index in [1.807, 2.05) is 47.1 Å². The lowest BCUT2D eigenvalue weighted by atomic mass is 10.1. The summed E-state index contributed by atoms with van der Waals surface area (Å²) in [6, 6.07) is 10.3. The van der Waals surface area contributed by atoms with Gasteiger partial charge >= 0.3 is 0 Å². The first-order valence-electron chi connectivity index (χ1n) is 8.84. The maximum absolute atomic E-state index is 12.7. The van der Waals surface area contributed by atoms with Crippen LogP contribution in [-0.4, -0.2) is 57.1 Å². The van der Waals surface area contributed by atoms with Crippen LogP contribution in [-0.2, 0) is 29.7 Å². The van der Waals surface area contributed by atoms with E-state index in [2.05, 4.69) is 22.0 Å². The number of carbonyl (C=O) groups is 1. The second kappa shape index (κ2) is 6.98. The standard InChI is InChI=1S/C19H24N4O2/c1-21-9-8-20-18(21)14-22-12-16-17(13-22)25-10-7-19(24)23(16)11-15-5-3-2-4-6-15/h2-6,8-9,16-17H,7,10-14H2,1H3/t16-,17-/m0/s1. The van der Waals surface area contributed by atoms with Crippen molar-refractivity contribution in [3.63, 3.8) is 0 Å². The summed E-state index contributed by atoms with van der Waals surface area (Å²) in [5.41, 5.74) is 1.17. The summed E-state index contributed by atoms with van der Waals surface area (Å²) >= 11 is 0. The molecule has 0 saturated carbocycles. The molecule has 2 fully saturated rings. The number of fused-ring (bicyclic) bond motifs is 1. The number of imidazole rings is 1. The third-order valence-electron chi connectivity index (χ3n) is 5.16. The number of carbonyl (C=O) groups excluding carboxylic acids is 1. The van der Waals surface area contributed by atoms with Crippen molar-refractivity contribution in [3.05, 3.63) is 54.1 Å². The number of ether oxygens (including phenoxy) is 1. The number of hydrogen-bond acceptors (Lipinski definition) is 4. The lowest BCUT2D eigenvalue weighted by Crippen LogP contribution is -2.45. The largest absolute Gasteiger partial charge is 0.374 e. The highest BCUT2D eigenvalue weighted by Gasteiger charge is 2.41. The van der Waals surface area contributed by atoms with E-state index in [0.29, 0.717) is 19.6 Å². The molecule has 2 atom stereocenters. The van der Waals surface area contributed by atoms with Gasteiger partial charge in [0.1, 0.15) is 5.82 Å². The first kappa shape index (κ1) is 16.3. The van der Waals surface area contributed by atoms with E-state index in [1.165, 1.54) is 5.56 Å². The molecular weight excluding hydrogens is 316 g/mol. The molecule has 25 heavy (non-hydrogen) atoms. The Morgan fingerprint density at radius 2 is 2.04 bits per heavy atom. The van der Waals surface area contributed by atoms with Crippen LogP contribution in [0.1, 0.15) is 17.8 Å². The molecule has 1 amide bonds. The molecule has 0 N–H and O–H groups in total. The van der Waals surface area contributed by atoms with Gasteiger partial charge in [0.15, 0.2) is 0 Å². The highest BCUT2D eigenvalue weighted by molar-refractivity contribution is 5.77. The van der Waals surface area contributed by atoms with Gasteiger partial charge in [0.05, 0.1) is 31.7 Å². The predicted molar refractivity (Wildman–Crippen MR) is 93.6 cm³/mol. The number of benzene rings is 1. The maximum Gasteiger partial charge on any atom is 0.225 e. The van der Waals surface area contributed by atoms with Crippen molar-refractivity contribution in [3.8, 4) is 0 Å². The molecule has 4 rings (SSSR count). The number of rotatable bonds is 4. The van der Waals surface area contributed by atoms with Crippen molar-refractivity contribution in [2.45, 2.75) is 31.7 Å². The van der Waals surface area contributed by atoms with Crippen molar-refractivity contribution in [1.29, 1.82) is 0 Å². The number of hydrogen-bond donors (Lipinski definition) is 0. The lowest BCUT2D eigenvalue weighted by molar-refractivity contribution is -0.133. The fourth-order valence-corrected chi connectivity index (χ4v) is 3.79. The zero-order valence-corrected chi connectivity index (χ0v) is 14.5. The second-order valence-electron chi connectivity index (χ2n) is 6.88. The topological polar surface area (TPSA) is 50.6 Å². The van der Waals surface area contributed by atoms with E-state index in [1.54, 1.807) is 0 Å². The van der Waals surface area contributed by atoms with E-state index in [0.717, 1.165) is 25.5 Å². The van der Waals surface area contributed by atoms with Crippen LogP contribution in [0.3, 0.4) is 0 Å². The SMILES string of the molecule is Cn1ccnc1CN1C[C@@H]2OCCC(=O)N(Cc3ccccc3)[C@H]2C1. The van der Waals surface area contributed by atoms with Gasteiger partial charge in [-0.2, -0.15) is 0 Å². The van der Waals surface area contributed by atoms with E-state index in [4.69, 9.17) is 4.74 Å². The summed E-state index contributed by atoms with van der Waals surface area (Å²) in [5, 5.41) is 0. The average molecular weight is 340 g/mol. The molecule has 1 aromatic heterocycles. The van der Waals surface area contributed by atoms with Crippen LogP contribution in [0, 0.1) is 0 Å². The Morgan fingerprint density at radius 3 is 2.80 bits per heavy atom. The van der Waals surface area contributed by atoms with Gasteiger partial charge in [-0.25, -0.2) is 4.98 Å². The van der Waals surface area contributed by atoms with Gasteiger partial charge < -0.3 is 14.2 Å². The Kier molecular flexibility index (Phi) is 4.55. The van der Waals surface area contributed by atoms with Crippen molar-refractivity contribution in [2.75, 3.05) is 19.7 Å². The zero-order valence-electron chi connectivity index (χ0n) is 14.5. The molecule has 132 valence electrons. The fraction of sp³-hybridized carbons (Fsp3) is 0.474. The van der Waals surface area contributed by atoms with E-state index < -0.39 is 0 Å². The van der Waals surface area contributed by atoms with Gasteiger partial charge in [0.2, 0.25) is 5.91 Å². The molecule has 0 bridgehead atoms. The molecule has 0 spiro atoms. The van der Waals surface area contributed by atoms with Crippen LogP contribution >= 0.6 is 0 Å². The van der Waals surface area contributed by atoms with E-state index in [-0.39, 0.29) is 18.1 Å². The minimum absolute atomic E-state index is 0.0791. The van der Waals surface area contributed by atoms with Crippen LogP contribution in [0.25, 0.3) is 0 Å². The predicted octanol–water partition coefficient (Wildman–Crippen LogP) is 1.42. The van der Waals surface area contributed by atoms with Crippen LogP contribution in [0.2, 0.25) is 0 Å². The van der Waals surface area contributed by atoms with Gasteiger partial charge in [0.25, 0.3) is 0 Å². The summed E-state index contributed by atoms with van der Waals surface area (Å²) in [5.74, 6) is 1.23. The van der Waals surface area contributed by atoms with Gasteiger partial charge in [-0.15, -0.1) is 0 Å². The van der Waals surface area contributed by atoms with Gasteiger partial charge in [-0.3, -0.25) is 9.69 Å². The zero-order chi connectivity index (χ0) is 17.2. The van der Waals surface area contributed by atoms with Crippen molar-refractivity contribution >= 4 is 5.91 Å². The molecule has 2 aromatic rings. The highest BCUT2D eigenvalue weighted by atomic mass is 16.5. The quantitative estimate of drug-likeness (QED) is 0.845. The van der Waals surface area contributed by atoms with Crippen LogP contribution < -0.4 is 0 Å². The smallest absolute Gasteiger partial charge is 0.225 e. The lowest BCUT2D eigenvalue weighted by Gasteiger charge is -2.30. The Labute approximate surface area is 148 Å². The van der Waals surface area contributed by atoms with Gasteiger partial charge in [-0.1, -0.05) is 30.3 Å². The monoisotopic (exact) mass is 340 g/mol.